The van der Waals surface area contributed by atoms with E-state index in [0.717, 1.165) is 37.9 Å². The van der Waals surface area contributed by atoms with Gasteiger partial charge in [-0.3, -0.25) is 19.7 Å². The molecule has 18 heavy (non-hydrogen) atoms. The highest BCUT2D eigenvalue weighted by atomic mass is 16.4. The standard InChI is InChI=1S/C13H19N3O2/c1-16-9-3-6-13(16,12(17)18)5-2-4-11-10-14-7-8-15-11/h7-8,10H,2-6,9H2,1H3,(H,17,18)/t13-/m0/s1. The Hall–Kier alpha value is -1.49. The minimum Gasteiger partial charge on any atom is -0.480 e. The lowest BCUT2D eigenvalue weighted by Crippen LogP contribution is -2.48. The molecule has 1 aromatic heterocycles. The van der Waals surface area contributed by atoms with E-state index in [1.54, 1.807) is 18.6 Å². The van der Waals surface area contributed by atoms with Crippen LogP contribution in [0, 0.1) is 0 Å². The van der Waals surface area contributed by atoms with Crippen molar-refractivity contribution >= 4 is 5.97 Å². The van der Waals surface area contributed by atoms with Gasteiger partial charge >= 0.3 is 5.97 Å². The SMILES string of the molecule is CN1CCC[C@@]1(CCCc1cnccn1)C(=O)O. The quantitative estimate of drug-likeness (QED) is 0.853. The zero-order chi connectivity index (χ0) is 13.0. The van der Waals surface area contributed by atoms with E-state index in [0.29, 0.717) is 6.42 Å². The number of carboxylic acid groups (broad SMARTS) is 1. The van der Waals surface area contributed by atoms with Crippen molar-refractivity contribution in [2.24, 2.45) is 0 Å². The van der Waals surface area contributed by atoms with Crippen LogP contribution in [0.5, 0.6) is 0 Å². The van der Waals surface area contributed by atoms with E-state index < -0.39 is 11.5 Å². The van der Waals surface area contributed by atoms with Gasteiger partial charge in [0, 0.05) is 18.6 Å². The number of rotatable bonds is 5. The Kier molecular flexibility index (Phi) is 3.91. The average Bonchev–Trinajstić information content (AvgIpc) is 2.73. The van der Waals surface area contributed by atoms with Crippen molar-refractivity contribution in [3.8, 4) is 0 Å². The Morgan fingerprint density at radius 3 is 2.94 bits per heavy atom. The highest BCUT2D eigenvalue weighted by molar-refractivity contribution is 5.79. The number of aromatic nitrogens is 2. The number of hydrogen-bond donors (Lipinski definition) is 1. The van der Waals surface area contributed by atoms with E-state index >= 15 is 0 Å². The number of carboxylic acids is 1. The molecule has 5 heteroatoms. The fourth-order valence-corrected chi connectivity index (χ4v) is 2.73. The molecule has 0 radical (unpaired) electrons. The van der Waals surface area contributed by atoms with E-state index in [1.807, 2.05) is 11.9 Å². The molecule has 2 rings (SSSR count). The monoisotopic (exact) mass is 249 g/mol. The second-order valence-electron chi connectivity index (χ2n) is 4.91. The topological polar surface area (TPSA) is 66.3 Å². The number of likely N-dealkylation sites (N-methyl/N-ethyl adjacent to an activating group) is 1. The molecule has 0 aromatic carbocycles. The molecule has 0 aliphatic carbocycles. The molecule has 0 spiro atoms. The Labute approximate surface area is 107 Å². The third kappa shape index (κ3) is 2.51. The van der Waals surface area contributed by atoms with E-state index in [2.05, 4.69) is 9.97 Å². The molecular weight excluding hydrogens is 230 g/mol. The molecule has 1 atom stereocenters. The summed E-state index contributed by atoms with van der Waals surface area (Å²) in [6, 6.07) is 0. The lowest BCUT2D eigenvalue weighted by atomic mass is 9.89. The van der Waals surface area contributed by atoms with Gasteiger partial charge in [-0.25, -0.2) is 0 Å². The van der Waals surface area contributed by atoms with Crippen molar-refractivity contribution < 1.29 is 9.90 Å². The van der Waals surface area contributed by atoms with Crippen LogP contribution in [0.1, 0.15) is 31.4 Å². The second-order valence-corrected chi connectivity index (χ2v) is 4.91. The molecule has 1 fully saturated rings. The van der Waals surface area contributed by atoms with Gasteiger partial charge in [0.1, 0.15) is 5.54 Å². The van der Waals surface area contributed by atoms with Crippen LogP contribution in [-0.4, -0.2) is 45.1 Å². The molecule has 0 unspecified atom stereocenters. The molecule has 1 aromatic rings. The van der Waals surface area contributed by atoms with Gasteiger partial charge in [-0.15, -0.1) is 0 Å². The van der Waals surface area contributed by atoms with Gasteiger partial charge in [0.2, 0.25) is 0 Å². The molecule has 1 N–H and O–H groups in total. The summed E-state index contributed by atoms with van der Waals surface area (Å²) in [5.41, 5.74) is 0.265. The summed E-state index contributed by atoms with van der Waals surface area (Å²) in [6.45, 7) is 0.872. The molecule has 2 heterocycles. The van der Waals surface area contributed by atoms with Crippen LogP contribution >= 0.6 is 0 Å². The fourth-order valence-electron chi connectivity index (χ4n) is 2.73. The Morgan fingerprint density at radius 1 is 1.56 bits per heavy atom. The number of hydrogen-bond acceptors (Lipinski definition) is 4. The van der Waals surface area contributed by atoms with Crippen molar-refractivity contribution in [1.29, 1.82) is 0 Å². The van der Waals surface area contributed by atoms with Crippen LogP contribution < -0.4 is 0 Å². The number of nitrogens with zero attached hydrogens (tertiary/aromatic N) is 3. The lowest BCUT2D eigenvalue weighted by molar-refractivity contribution is -0.149. The van der Waals surface area contributed by atoms with E-state index in [4.69, 9.17) is 0 Å². The van der Waals surface area contributed by atoms with Gasteiger partial charge in [0.05, 0.1) is 5.69 Å². The van der Waals surface area contributed by atoms with Crippen molar-refractivity contribution in [1.82, 2.24) is 14.9 Å². The summed E-state index contributed by atoms with van der Waals surface area (Å²) in [7, 11) is 1.91. The zero-order valence-electron chi connectivity index (χ0n) is 10.7. The first-order valence-corrected chi connectivity index (χ1v) is 6.35. The highest BCUT2D eigenvalue weighted by Gasteiger charge is 2.44. The van der Waals surface area contributed by atoms with E-state index in [9.17, 15) is 9.90 Å². The maximum atomic E-state index is 11.5. The molecule has 98 valence electrons. The predicted molar refractivity (Wildman–Crippen MR) is 67.2 cm³/mol. The van der Waals surface area contributed by atoms with Crippen molar-refractivity contribution in [2.75, 3.05) is 13.6 Å². The first-order chi connectivity index (χ1) is 8.65. The zero-order valence-corrected chi connectivity index (χ0v) is 10.7. The Bertz CT molecular complexity index is 410. The largest absolute Gasteiger partial charge is 0.480 e. The van der Waals surface area contributed by atoms with Gasteiger partial charge in [-0.1, -0.05) is 0 Å². The maximum Gasteiger partial charge on any atom is 0.324 e. The number of carbonyl (C=O) groups is 1. The van der Waals surface area contributed by atoms with Crippen LogP contribution in [0.4, 0.5) is 0 Å². The summed E-state index contributed by atoms with van der Waals surface area (Å²) in [5.74, 6) is -0.693. The van der Waals surface area contributed by atoms with Crippen LogP contribution in [0.3, 0.4) is 0 Å². The molecule has 1 aliphatic rings. The lowest BCUT2D eigenvalue weighted by Gasteiger charge is -2.31. The maximum absolute atomic E-state index is 11.5. The Balaban J connectivity index is 1.93. The Morgan fingerprint density at radius 2 is 2.39 bits per heavy atom. The molecule has 1 saturated heterocycles. The third-order valence-electron chi connectivity index (χ3n) is 3.85. The average molecular weight is 249 g/mol. The van der Waals surface area contributed by atoms with Crippen LogP contribution in [0.25, 0.3) is 0 Å². The number of likely N-dealkylation sites (tertiary alicyclic amines) is 1. The van der Waals surface area contributed by atoms with E-state index in [-0.39, 0.29) is 0 Å². The van der Waals surface area contributed by atoms with Crippen LogP contribution in [0.2, 0.25) is 0 Å². The molecule has 0 saturated carbocycles. The first-order valence-electron chi connectivity index (χ1n) is 6.35. The molecule has 1 aliphatic heterocycles. The second kappa shape index (κ2) is 5.44. The first kappa shape index (κ1) is 13.0. The predicted octanol–water partition coefficient (Wildman–Crippen LogP) is 1.35. The van der Waals surface area contributed by atoms with Crippen molar-refractivity contribution in [3.05, 3.63) is 24.3 Å². The van der Waals surface area contributed by atoms with Crippen molar-refractivity contribution in [3.63, 3.8) is 0 Å². The van der Waals surface area contributed by atoms with Gasteiger partial charge in [0.25, 0.3) is 0 Å². The van der Waals surface area contributed by atoms with Gasteiger partial charge in [0.15, 0.2) is 0 Å². The summed E-state index contributed by atoms with van der Waals surface area (Å²) >= 11 is 0. The summed E-state index contributed by atoms with van der Waals surface area (Å²) in [6.07, 6.45) is 9.07. The summed E-state index contributed by atoms with van der Waals surface area (Å²) in [4.78, 5) is 21.7. The van der Waals surface area contributed by atoms with Crippen LogP contribution in [-0.2, 0) is 11.2 Å². The van der Waals surface area contributed by atoms with Gasteiger partial charge in [-0.2, -0.15) is 0 Å². The fraction of sp³-hybridized carbons (Fsp3) is 0.615. The molecule has 0 bridgehead atoms. The number of aliphatic carboxylic acids is 1. The molecular formula is C13H19N3O2. The van der Waals surface area contributed by atoms with Crippen molar-refractivity contribution in [2.45, 2.75) is 37.6 Å². The van der Waals surface area contributed by atoms with Gasteiger partial charge < -0.3 is 5.11 Å². The minimum atomic E-state index is -0.693. The molecule has 0 amide bonds. The number of aryl methyl sites for hydroxylation is 1. The highest BCUT2D eigenvalue weighted by Crippen LogP contribution is 2.32. The summed E-state index contributed by atoms with van der Waals surface area (Å²) < 4.78 is 0. The summed E-state index contributed by atoms with van der Waals surface area (Å²) in [5, 5.41) is 9.46. The normalized spacial score (nSPS) is 24.3. The third-order valence-corrected chi connectivity index (χ3v) is 3.85. The molecule has 5 nitrogen and oxygen atoms in total. The van der Waals surface area contributed by atoms with Crippen LogP contribution in [0.15, 0.2) is 18.6 Å². The smallest absolute Gasteiger partial charge is 0.324 e. The van der Waals surface area contributed by atoms with E-state index in [1.165, 1.54) is 0 Å². The van der Waals surface area contributed by atoms with Gasteiger partial charge in [-0.05, 0) is 45.7 Å². The minimum absolute atomic E-state index is 0.664.